The Balaban J connectivity index is 0. The first-order chi connectivity index (χ1) is 3.46. The Bertz CT molecular complexity index is 24.0. The quantitative estimate of drug-likeness (QED) is 0.455. The zero-order chi connectivity index (χ0) is 7.15. The van der Waals surface area contributed by atoms with Gasteiger partial charge in [-0.2, -0.15) is 0 Å². The summed E-state index contributed by atoms with van der Waals surface area (Å²) < 4.78 is 0. The average molecular weight is 135 g/mol. The van der Waals surface area contributed by atoms with Crippen molar-refractivity contribution < 1.29 is 0 Å². The number of hydrogen-bond acceptors (Lipinski definition) is 1. The molecule has 0 spiro atoms. The van der Waals surface area contributed by atoms with E-state index >= 15 is 0 Å². The van der Waals surface area contributed by atoms with Crippen molar-refractivity contribution in [1.29, 1.82) is 0 Å². The molecule has 0 unspecified atom stereocenters. The van der Waals surface area contributed by atoms with Crippen LogP contribution < -0.4 is 0 Å². The molecular weight excluding hydrogens is 117 g/mol. The number of rotatable bonds is 0. The Hall–Kier alpha value is 0.390. The first-order valence-electron chi connectivity index (χ1n) is 2.68. The molecule has 0 amide bonds. The molecule has 0 aliphatic carbocycles. The third-order valence-electron chi connectivity index (χ3n) is 0. The minimum atomic E-state index is 0.380. The van der Waals surface area contributed by atoms with Crippen LogP contribution in [0.25, 0.3) is 0 Å². The van der Waals surface area contributed by atoms with Gasteiger partial charge >= 0.3 is 0 Å². The summed E-state index contributed by atoms with van der Waals surface area (Å²) in [6.45, 7) is 6.69. The second-order valence-electron chi connectivity index (χ2n) is 2.68. The molecular formula is C6H18NP. The van der Waals surface area contributed by atoms with Gasteiger partial charge in [-0.05, 0) is 41.1 Å². The molecule has 0 aliphatic rings. The summed E-state index contributed by atoms with van der Waals surface area (Å²) in [6.07, 6.45) is 0. The molecule has 0 radical (unpaired) electrons. The maximum absolute atomic E-state index is 2.23. The predicted octanol–water partition coefficient (Wildman–Crippen LogP) is 1.54. The molecule has 0 bridgehead atoms. The van der Waals surface area contributed by atoms with Gasteiger partial charge in [-0.25, -0.2) is 0 Å². The highest BCUT2D eigenvalue weighted by atomic mass is 31.1. The zero-order valence-corrected chi connectivity index (χ0v) is 7.79. The van der Waals surface area contributed by atoms with E-state index in [1.165, 1.54) is 0 Å². The largest absolute Gasteiger partial charge is 0.312 e. The molecule has 0 saturated carbocycles. The molecule has 0 N–H and O–H groups in total. The lowest BCUT2D eigenvalue weighted by molar-refractivity contribution is 0.505. The summed E-state index contributed by atoms with van der Waals surface area (Å²) in [5.74, 6) is 0. The molecule has 0 rings (SSSR count). The van der Waals surface area contributed by atoms with Crippen molar-refractivity contribution in [3.8, 4) is 0 Å². The summed E-state index contributed by atoms with van der Waals surface area (Å²) in [5.41, 5.74) is 0. The van der Waals surface area contributed by atoms with E-state index in [2.05, 4.69) is 20.0 Å². The lowest BCUT2D eigenvalue weighted by atomic mass is 11.0. The van der Waals surface area contributed by atoms with E-state index in [0.717, 1.165) is 0 Å². The molecule has 0 aromatic carbocycles. The van der Waals surface area contributed by atoms with Gasteiger partial charge in [0, 0.05) is 0 Å². The molecule has 0 aliphatic heterocycles. The summed E-state index contributed by atoms with van der Waals surface area (Å²) in [5, 5.41) is 0. The molecule has 8 heavy (non-hydrogen) atoms. The van der Waals surface area contributed by atoms with Gasteiger partial charge in [-0.3, -0.25) is 0 Å². The Morgan fingerprint density at radius 1 is 0.875 bits per heavy atom. The van der Waals surface area contributed by atoms with E-state index in [0.29, 0.717) is 7.92 Å². The van der Waals surface area contributed by atoms with Gasteiger partial charge in [-0.15, -0.1) is 7.92 Å². The van der Waals surface area contributed by atoms with Crippen LogP contribution in [0.1, 0.15) is 0 Å². The van der Waals surface area contributed by atoms with Crippen molar-refractivity contribution in [1.82, 2.24) is 4.90 Å². The van der Waals surface area contributed by atoms with Crippen molar-refractivity contribution in [3.05, 3.63) is 0 Å². The van der Waals surface area contributed by atoms with Gasteiger partial charge in [0.05, 0.1) is 0 Å². The average Bonchev–Trinajstić information content (AvgIpc) is 1.25. The van der Waals surface area contributed by atoms with Crippen molar-refractivity contribution in [3.63, 3.8) is 0 Å². The lowest BCUT2D eigenvalue weighted by Crippen LogP contribution is -1.99. The normalized spacial score (nSPS) is 9.00. The van der Waals surface area contributed by atoms with Crippen LogP contribution in [0.5, 0.6) is 0 Å². The molecule has 2 heteroatoms. The van der Waals surface area contributed by atoms with Crippen LogP contribution >= 0.6 is 7.92 Å². The Kier molecular flexibility index (Phi) is 10.4. The molecule has 0 fully saturated rings. The lowest BCUT2D eigenvalue weighted by Gasteiger charge is -1.90. The highest BCUT2D eigenvalue weighted by Crippen LogP contribution is 2.14. The fourth-order valence-electron chi connectivity index (χ4n) is 0. The summed E-state index contributed by atoms with van der Waals surface area (Å²) in [4.78, 5) is 2.00. The fraction of sp³-hybridized carbons (Fsp3) is 1.00. The van der Waals surface area contributed by atoms with Crippen molar-refractivity contribution >= 4 is 7.92 Å². The molecule has 0 saturated heterocycles. The molecule has 1 nitrogen and oxygen atoms in total. The van der Waals surface area contributed by atoms with Crippen molar-refractivity contribution in [2.75, 3.05) is 41.1 Å². The first-order valence-corrected chi connectivity index (χ1v) is 5.37. The molecule has 0 aromatic heterocycles. The van der Waals surface area contributed by atoms with E-state index in [-0.39, 0.29) is 0 Å². The van der Waals surface area contributed by atoms with Crippen LogP contribution in [0.3, 0.4) is 0 Å². The second-order valence-corrected chi connectivity index (χ2v) is 5.37. The SMILES string of the molecule is CN(C)C.CP(C)C. The maximum Gasteiger partial charge on any atom is -0.0140 e. The summed E-state index contributed by atoms with van der Waals surface area (Å²) >= 11 is 0. The van der Waals surface area contributed by atoms with Gasteiger partial charge < -0.3 is 4.90 Å². The van der Waals surface area contributed by atoms with E-state index in [9.17, 15) is 0 Å². The van der Waals surface area contributed by atoms with Crippen LogP contribution in [0.4, 0.5) is 0 Å². The minimum absolute atomic E-state index is 0.380. The van der Waals surface area contributed by atoms with Gasteiger partial charge in [0.25, 0.3) is 0 Å². The fourth-order valence-corrected chi connectivity index (χ4v) is 0. The van der Waals surface area contributed by atoms with E-state index in [1.54, 1.807) is 0 Å². The smallest absolute Gasteiger partial charge is 0.0140 e. The van der Waals surface area contributed by atoms with Crippen LogP contribution in [0, 0.1) is 0 Å². The number of nitrogens with zero attached hydrogens (tertiary/aromatic N) is 1. The Morgan fingerprint density at radius 2 is 0.875 bits per heavy atom. The number of hydrogen-bond donors (Lipinski definition) is 0. The molecule has 52 valence electrons. The standard InChI is InChI=1S/C3H9N.C3H9P/c2*1-4(2)3/h2*1-3H3. The van der Waals surface area contributed by atoms with Crippen molar-refractivity contribution in [2.24, 2.45) is 0 Å². The van der Waals surface area contributed by atoms with E-state index < -0.39 is 0 Å². The van der Waals surface area contributed by atoms with Crippen LogP contribution in [0.2, 0.25) is 0 Å². The highest BCUT2D eigenvalue weighted by Gasteiger charge is 1.65. The summed E-state index contributed by atoms with van der Waals surface area (Å²) in [6, 6.07) is 0. The minimum Gasteiger partial charge on any atom is -0.312 e. The van der Waals surface area contributed by atoms with Crippen molar-refractivity contribution in [2.45, 2.75) is 0 Å². The second kappa shape index (κ2) is 7.39. The van der Waals surface area contributed by atoms with E-state index in [1.807, 2.05) is 26.0 Å². The molecule has 0 atom stereocenters. The summed E-state index contributed by atoms with van der Waals surface area (Å²) in [7, 11) is 6.38. The maximum atomic E-state index is 2.23. The first kappa shape index (κ1) is 11.2. The van der Waals surface area contributed by atoms with Gasteiger partial charge in [0.2, 0.25) is 0 Å². The van der Waals surface area contributed by atoms with E-state index in [4.69, 9.17) is 0 Å². The molecule has 0 heterocycles. The third kappa shape index (κ3) is 1220. The van der Waals surface area contributed by atoms with Gasteiger partial charge in [0.1, 0.15) is 0 Å². The zero-order valence-electron chi connectivity index (χ0n) is 6.89. The monoisotopic (exact) mass is 135 g/mol. The Morgan fingerprint density at radius 3 is 0.875 bits per heavy atom. The third-order valence-corrected chi connectivity index (χ3v) is 0. The Labute approximate surface area is 54.8 Å². The highest BCUT2D eigenvalue weighted by molar-refractivity contribution is 7.55. The molecule has 0 aromatic rings. The van der Waals surface area contributed by atoms with Gasteiger partial charge in [-0.1, -0.05) is 0 Å². The van der Waals surface area contributed by atoms with Crippen LogP contribution in [0.15, 0.2) is 0 Å². The predicted molar refractivity (Wildman–Crippen MR) is 44.3 cm³/mol. The van der Waals surface area contributed by atoms with Gasteiger partial charge in [0.15, 0.2) is 0 Å². The van der Waals surface area contributed by atoms with Crippen LogP contribution in [-0.2, 0) is 0 Å². The van der Waals surface area contributed by atoms with Crippen LogP contribution in [-0.4, -0.2) is 46.0 Å². The topological polar surface area (TPSA) is 3.24 Å².